The fraction of sp³-hybridized carbons (Fsp3) is 0.364. The molecule has 0 spiro atoms. The van der Waals surface area contributed by atoms with Gasteiger partial charge in [-0.25, -0.2) is 0 Å². The van der Waals surface area contributed by atoms with Gasteiger partial charge in [0.05, 0.1) is 6.54 Å². The van der Waals surface area contributed by atoms with Crippen molar-refractivity contribution < 1.29 is 4.79 Å². The lowest BCUT2D eigenvalue weighted by molar-refractivity contribution is -0.116. The van der Waals surface area contributed by atoms with E-state index in [4.69, 9.17) is 0 Å². The van der Waals surface area contributed by atoms with Crippen molar-refractivity contribution in [3.63, 3.8) is 0 Å². The Morgan fingerprint density at radius 2 is 1.86 bits per heavy atom. The zero-order valence-corrected chi connectivity index (χ0v) is 18.4. The van der Waals surface area contributed by atoms with Crippen molar-refractivity contribution in [2.45, 2.75) is 23.6 Å². The third-order valence-electron chi connectivity index (χ3n) is 3.99. The average molecular weight is 414 g/mol. The van der Waals surface area contributed by atoms with Crippen molar-refractivity contribution in [2.75, 3.05) is 39.5 Å². The normalized spacial score (nSPS) is 12.5. The first-order valence-electron chi connectivity index (χ1n) is 9.66. The van der Waals surface area contributed by atoms with Crippen LogP contribution in [0, 0.1) is 0 Å². The fourth-order valence-electron chi connectivity index (χ4n) is 2.67. The lowest BCUT2D eigenvalue weighted by Crippen LogP contribution is -2.39. The SMILES string of the molecule is CN=C(NCc1cccc(NC(=O)CN(C)C)c1)NCC(C)Sc1ccccc1. The highest BCUT2D eigenvalue weighted by Gasteiger charge is 2.07. The van der Waals surface area contributed by atoms with Gasteiger partial charge in [0.15, 0.2) is 5.96 Å². The minimum Gasteiger partial charge on any atom is -0.355 e. The number of nitrogens with zero attached hydrogens (tertiary/aromatic N) is 2. The van der Waals surface area contributed by atoms with Gasteiger partial charge < -0.3 is 20.9 Å². The molecule has 0 saturated heterocycles. The van der Waals surface area contributed by atoms with E-state index < -0.39 is 0 Å². The number of thioether (sulfide) groups is 1. The summed E-state index contributed by atoms with van der Waals surface area (Å²) in [4.78, 5) is 19.3. The number of likely N-dealkylation sites (N-methyl/N-ethyl adjacent to an activating group) is 1. The van der Waals surface area contributed by atoms with E-state index in [9.17, 15) is 4.79 Å². The van der Waals surface area contributed by atoms with Gasteiger partial charge in [0.25, 0.3) is 0 Å². The molecule has 2 rings (SSSR count). The van der Waals surface area contributed by atoms with Crippen molar-refractivity contribution in [3.05, 3.63) is 60.2 Å². The van der Waals surface area contributed by atoms with Crippen LogP contribution in [0.3, 0.4) is 0 Å². The second-order valence-corrected chi connectivity index (χ2v) is 8.55. The van der Waals surface area contributed by atoms with Gasteiger partial charge in [0.2, 0.25) is 5.91 Å². The molecule has 0 heterocycles. The summed E-state index contributed by atoms with van der Waals surface area (Å²) >= 11 is 1.83. The standard InChI is InChI=1S/C22H31N5OS/c1-17(29-20-11-6-5-7-12-20)14-24-22(23-2)25-15-18-9-8-10-19(13-18)26-21(28)16-27(3)4/h5-13,17H,14-16H2,1-4H3,(H,26,28)(H2,23,24,25). The second kappa shape index (κ2) is 12.1. The van der Waals surface area contributed by atoms with Crippen LogP contribution in [0.15, 0.2) is 64.5 Å². The molecule has 2 aromatic carbocycles. The van der Waals surface area contributed by atoms with Crippen molar-refractivity contribution >= 4 is 29.3 Å². The quantitative estimate of drug-likeness (QED) is 0.335. The molecule has 3 N–H and O–H groups in total. The number of guanidine groups is 1. The second-order valence-electron chi connectivity index (χ2n) is 7.03. The summed E-state index contributed by atoms with van der Waals surface area (Å²) in [7, 11) is 5.51. The Balaban J connectivity index is 1.80. The molecule has 0 fully saturated rings. The summed E-state index contributed by atoms with van der Waals surface area (Å²) in [5.74, 6) is 0.732. The van der Waals surface area contributed by atoms with E-state index in [1.165, 1.54) is 4.90 Å². The maximum Gasteiger partial charge on any atom is 0.238 e. The number of carbonyl (C=O) groups excluding carboxylic acids is 1. The van der Waals surface area contributed by atoms with Gasteiger partial charge in [-0.3, -0.25) is 9.79 Å². The predicted molar refractivity (Wildman–Crippen MR) is 124 cm³/mol. The Labute approximate surface area is 178 Å². The molecule has 29 heavy (non-hydrogen) atoms. The number of nitrogens with one attached hydrogen (secondary N) is 3. The summed E-state index contributed by atoms with van der Waals surface area (Å²) in [6.07, 6.45) is 0. The van der Waals surface area contributed by atoms with E-state index >= 15 is 0 Å². The number of anilines is 1. The fourth-order valence-corrected chi connectivity index (χ4v) is 3.61. The molecule has 2 aromatic rings. The first-order valence-corrected chi connectivity index (χ1v) is 10.5. The van der Waals surface area contributed by atoms with Crippen LogP contribution < -0.4 is 16.0 Å². The maximum atomic E-state index is 11.9. The first-order chi connectivity index (χ1) is 14.0. The van der Waals surface area contributed by atoms with Gasteiger partial charge in [-0.15, -0.1) is 11.8 Å². The van der Waals surface area contributed by atoms with E-state index in [2.05, 4.69) is 52.1 Å². The maximum absolute atomic E-state index is 11.9. The number of aliphatic imine (C=N–C) groups is 1. The van der Waals surface area contributed by atoms with Crippen LogP contribution in [0.4, 0.5) is 5.69 Å². The van der Waals surface area contributed by atoms with E-state index in [1.54, 1.807) is 7.05 Å². The van der Waals surface area contributed by atoms with Crippen LogP contribution in [0.1, 0.15) is 12.5 Å². The molecule has 1 amide bonds. The number of benzene rings is 2. The van der Waals surface area contributed by atoms with Crippen LogP contribution in [0.5, 0.6) is 0 Å². The number of carbonyl (C=O) groups is 1. The van der Waals surface area contributed by atoms with E-state index in [0.717, 1.165) is 23.8 Å². The molecule has 0 bridgehead atoms. The molecule has 0 aliphatic carbocycles. The largest absolute Gasteiger partial charge is 0.355 e. The van der Waals surface area contributed by atoms with E-state index in [0.29, 0.717) is 18.3 Å². The van der Waals surface area contributed by atoms with Crippen molar-refractivity contribution in [1.29, 1.82) is 0 Å². The minimum absolute atomic E-state index is 0.0255. The molecule has 156 valence electrons. The third-order valence-corrected chi connectivity index (χ3v) is 5.10. The summed E-state index contributed by atoms with van der Waals surface area (Å²) in [6.45, 7) is 3.98. The van der Waals surface area contributed by atoms with E-state index in [1.807, 2.05) is 61.1 Å². The molecule has 0 aliphatic rings. The Kier molecular flexibility index (Phi) is 9.53. The molecule has 1 atom stereocenters. The number of hydrogen-bond acceptors (Lipinski definition) is 4. The summed E-state index contributed by atoms with van der Waals surface area (Å²) in [6, 6.07) is 18.2. The topological polar surface area (TPSA) is 68.8 Å². The number of hydrogen-bond donors (Lipinski definition) is 3. The number of rotatable bonds is 9. The Bertz CT molecular complexity index is 795. The number of amides is 1. The summed E-state index contributed by atoms with van der Waals surface area (Å²) in [5, 5.41) is 10.0. The molecule has 7 heteroatoms. The molecule has 1 unspecified atom stereocenters. The monoisotopic (exact) mass is 413 g/mol. The average Bonchev–Trinajstić information content (AvgIpc) is 2.68. The van der Waals surface area contributed by atoms with Crippen molar-refractivity contribution in [1.82, 2.24) is 15.5 Å². The Morgan fingerprint density at radius 1 is 1.10 bits per heavy atom. The zero-order chi connectivity index (χ0) is 21.1. The molecule has 0 saturated carbocycles. The third kappa shape index (κ3) is 9.02. The van der Waals surface area contributed by atoms with Crippen LogP contribution in [-0.4, -0.2) is 56.2 Å². The van der Waals surface area contributed by atoms with Gasteiger partial charge in [-0.2, -0.15) is 0 Å². The smallest absolute Gasteiger partial charge is 0.238 e. The lowest BCUT2D eigenvalue weighted by atomic mass is 10.2. The summed E-state index contributed by atoms with van der Waals surface area (Å²) < 4.78 is 0. The van der Waals surface area contributed by atoms with E-state index in [-0.39, 0.29) is 5.91 Å². The molecular weight excluding hydrogens is 382 g/mol. The molecule has 0 aliphatic heterocycles. The highest BCUT2D eigenvalue weighted by Crippen LogP contribution is 2.21. The van der Waals surface area contributed by atoms with Crippen LogP contribution in [0.2, 0.25) is 0 Å². The Morgan fingerprint density at radius 3 is 2.55 bits per heavy atom. The highest BCUT2D eigenvalue weighted by atomic mass is 32.2. The van der Waals surface area contributed by atoms with Crippen molar-refractivity contribution in [3.8, 4) is 0 Å². The molecule has 0 aromatic heterocycles. The van der Waals surface area contributed by atoms with Crippen LogP contribution in [-0.2, 0) is 11.3 Å². The predicted octanol–water partition coefficient (Wildman–Crippen LogP) is 3.03. The first kappa shape index (κ1) is 22.8. The summed E-state index contributed by atoms with van der Waals surface area (Å²) in [5.41, 5.74) is 1.87. The Hall–Kier alpha value is -2.51. The lowest BCUT2D eigenvalue weighted by Gasteiger charge is -2.16. The van der Waals surface area contributed by atoms with Gasteiger partial charge in [-0.1, -0.05) is 37.3 Å². The van der Waals surface area contributed by atoms with Crippen molar-refractivity contribution in [2.24, 2.45) is 4.99 Å². The van der Waals surface area contributed by atoms with Gasteiger partial charge in [0.1, 0.15) is 0 Å². The molecule has 6 nitrogen and oxygen atoms in total. The minimum atomic E-state index is -0.0255. The molecule has 0 radical (unpaired) electrons. The van der Waals surface area contributed by atoms with Crippen LogP contribution >= 0.6 is 11.8 Å². The molecular formula is C22H31N5OS. The van der Waals surface area contributed by atoms with Gasteiger partial charge in [-0.05, 0) is 43.9 Å². The van der Waals surface area contributed by atoms with Gasteiger partial charge >= 0.3 is 0 Å². The highest BCUT2D eigenvalue weighted by molar-refractivity contribution is 8.00. The van der Waals surface area contributed by atoms with Gasteiger partial charge in [0, 0.05) is 36.0 Å². The zero-order valence-electron chi connectivity index (χ0n) is 17.6. The van der Waals surface area contributed by atoms with Crippen LogP contribution in [0.25, 0.3) is 0 Å².